The van der Waals surface area contributed by atoms with Crippen molar-refractivity contribution in [3.05, 3.63) is 35.4 Å². The number of hydrogen-bond donors (Lipinski definition) is 1. The molecule has 2 rings (SSSR count). The first-order valence-electron chi connectivity index (χ1n) is 6.88. The molecule has 1 aromatic rings. The largest absolute Gasteiger partial charge is 0.380 e. The normalized spacial score (nSPS) is 19.4. The van der Waals surface area contributed by atoms with E-state index < -0.39 is 0 Å². The Morgan fingerprint density at radius 2 is 2.11 bits per heavy atom. The van der Waals surface area contributed by atoms with Crippen molar-refractivity contribution >= 4 is 0 Å². The summed E-state index contributed by atoms with van der Waals surface area (Å²) >= 11 is 0. The number of benzene rings is 1. The van der Waals surface area contributed by atoms with E-state index in [-0.39, 0.29) is 6.04 Å². The molecule has 18 heavy (non-hydrogen) atoms. The molecule has 0 amide bonds. The zero-order valence-electron chi connectivity index (χ0n) is 11.3. The zero-order valence-corrected chi connectivity index (χ0v) is 11.3. The first-order chi connectivity index (χ1) is 8.77. The van der Waals surface area contributed by atoms with Crippen molar-refractivity contribution in [1.29, 1.82) is 0 Å². The Kier molecular flexibility index (Phi) is 5.17. The minimum Gasteiger partial charge on any atom is -0.380 e. The number of aryl methyl sites for hydroxylation is 1. The third-order valence-electron chi connectivity index (χ3n) is 3.66. The zero-order chi connectivity index (χ0) is 12.8. The van der Waals surface area contributed by atoms with Gasteiger partial charge in [0.15, 0.2) is 0 Å². The predicted octanol–water partition coefficient (Wildman–Crippen LogP) is 2.11. The molecule has 0 spiro atoms. The Hall–Kier alpha value is -0.900. The maximum Gasteiger partial charge on any atom is 0.0593 e. The maximum absolute atomic E-state index is 6.29. The van der Waals surface area contributed by atoms with E-state index in [9.17, 15) is 0 Å². The Bertz CT molecular complexity index is 359. The summed E-state index contributed by atoms with van der Waals surface area (Å²) in [6.07, 6.45) is 2.16. The van der Waals surface area contributed by atoms with E-state index in [1.807, 2.05) is 0 Å². The Morgan fingerprint density at radius 3 is 2.94 bits per heavy atom. The number of nitrogens with zero attached hydrogens (tertiary/aromatic N) is 1. The average Bonchev–Trinajstić information content (AvgIpc) is 2.65. The van der Waals surface area contributed by atoms with Crippen LogP contribution in [0.5, 0.6) is 0 Å². The summed E-state index contributed by atoms with van der Waals surface area (Å²) in [4.78, 5) is 2.46. The second kappa shape index (κ2) is 6.88. The topological polar surface area (TPSA) is 38.5 Å². The molecule has 0 aromatic heterocycles. The molecular formula is C15H24N2O. The van der Waals surface area contributed by atoms with Crippen LogP contribution in [0.15, 0.2) is 24.3 Å². The highest BCUT2D eigenvalue weighted by atomic mass is 16.5. The van der Waals surface area contributed by atoms with Gasteiger partial charge in [0.1, 0.15) is 0 Å². The van der Waals surface area contributed by atoms with E-state index in [4.69, 9.17) is 10.5 Å². The fourth-order valence-electron chi connectivity index (χ4n) is 2.50. The molecular weight excluding hydrogens is 224 g/mol. The van der Waals surface area contributed by atoms with Gasteiger partial charge in [-0.25, -0.2) is 0 Å². The number of rotatable bonds is 4. The number of nitrogens with two attached hydrogens (primary N) is 1. The average molecular weight is 248 g/mol. The Labute approximate surface area is 110 Å². The van der Waals surface area contributed by atoms with Crippen LogP contribution in [0.1, 0.15) is 30.0 Å². The molecule has 1 aliphatic heterocycles. The maximum atomic E-state index is 6.29. The summed E-state index contributed by atoms with van der Waals surface area (Å²) in [5.41, 5.74) is 8.87. The first-order valence-corrected chi connectivity index (χ1v) is 6.88. The molecule has 100 valence electrons. The number of ether oxygens (including phenoxy) is 1. The summed E-state index contributed by atoms with van der Waals surface area (Å²) in [5.74, 6) is 0. The van der Waals surface area contributed by atoms with Gasteiger partial charge in [-0.2, -0.15) is 0 Å². The highest BCUT2D eigenvalue weighted by Crippen LogP contribution is 2.18. The highest BCUT2D eigenvalue weighted by Gasteiger charge is 2.13. The second-order valence-corrected chi connectivity index (χ2v) is 5.06. The molecule has 3 heteroatoms. The van der Waals surface area contributed by atoms with Crippen molar-refractivity contribution in [3.8, 4) is 0 Å². The van der Waals surface area contributed by atoms with Gasteiger partial charge in [0.25, 0.3) is 0 Å². The fourth-order valence-corrected chi connectivity index (χ4v) is 2.50. The summed E-state index contributed by atoms with van der Waals surface area (Å²) in [6, 6.07) is 8.57. The van der Waals surface area contributed by atoms with Crippen molar-refractivity contribution in [2.75, 3.05) is 32.8 Å². The lowest BCUT2D eigenvalue weighted by Gasteiger charge is -2.22. The number of hydrogen-bond acceptors (Lipinski definition) is 3. The molecule has 1 heterocycles. The lowest BCUT2D eigenvalue weighted by Crippen LogP contribution is -2.29. The van der Waals surface area contributed by atoms with E-state index in [0.717, 1.165) is 45.7 Å². The fraction of sp³-hybridized carbons (Fsp3) is 0.600. The first kappa shape index (κ1) is 13.5. The van der Waals surface area contributed by atoms with E-state index in [1.165, 1.54) is 11.1 Å². The van der Waals surface area contributed by atoms with E-state index in [1.54, 1.807) is 0 Å². The molecule has 0 radical (unpaired) electrons. The van der Waals surface area contributed by atoms with Crippen molar-refractivity contribution in [2.24, 2.45) is 5.73 Å². The van der Waals surface area contributed by atoms with E-state index in [2.05, 4.69) is 36.1 Å². The van der Waals surface area contributed by atoms with Crippen LogP contribution >= 0.6 is 0 Å². The van der Waals surface area contributed by atoms with Crippen LogP contribution in [0.3, 0.4) is 0 Å². The standard InChI is InChI=1S/C15H24N2O/c1-13-5-2-3-6-14(13)15(16)7-9-17-8-4-11-18-12-10-17/h2-3,5-6,15H,4,7-12,16H2,1H3. The molecule has 1 aromatic carbocycles. The molecule has 1 aliphatic rings. The van der Waals surface area contributed by atoms with Gasteiger partial charge in [-0.05, 0) is 30.9 Å². The quantitative estimate of drug-likeness (QED) is 0.887. The van der Waals surface area contributed by atoms with Crippen molar-refractivity contribution in [3.63, 3.8) is 0 Å². The lowest BCUT2D eigenvalue weighted by atomic mass is 9.99. The minimum absolute atomic E-state index is 0.148. The van der Waals surface area contributed by atoms with Gasteiger partial charge < -0.3 is 15.4 Å². The van der Waals surface area contributed by atoms with Gasteiger partial charge >= 0.3 is 0 Å². The van der Waals surface area contributed by atoms with Crippen molar-refractivity contribution in [2.45, 2.75) is 25.8 Å². The van der Waals surface area contributed by atoms with Crippen LogP contribution in [0.2, 0.25) is 0 Å². The monoisotopic (exact) mass is 248 g/mol. The molecule has 3 nitrogen and oxygen atoms in total. The molecule has 2 N–H and O–H groups in total. The molecule has 0 aliphatic carbocycles. The molecule has 0 bridgehead atoms. The van der Waals surface area contributed by atoms with Gasteiger partial charge in [0, 0.05) is 32.3 Å². The predicted molar refractivity (Wildman–Crippen MR) is 74.6 cm³/mol. The van der Waals surface area contributed by atoms with E-state index in [0.29, 0.717) is 0 Å². The van der Waals surface area contributed by atoms with Gasteiger partial charge in [0.2, 0.25) is 0 Å². The summed E-state index contributed by atoms with van der Waals surface area (Å²) < 4.78 is 5.46. The van der Waals surface area contributed by atoms with Crippen molar-refractivity contribution < 1.29 is 4.74 Å². The SMILES string of the molecule is Cc1ccccc1C(N)CCN1CCCOCC1. The smallest absolute Gasteiger partial charge is 0.0593 e. The summed E-state index contributed by atoms with van der Waals surface area (Å²) in [6.45, 7) is 7.15. The van der Waals surface area contributed by atoms with Crippen LogP contribution in [0.4, 0.5) is 0 Å². The van der Waals surface area contributed by atoms with Crippen molar-refractivity contribution in [1.82, 2.24) is 4.90 Å². The van der Waals surface area contributed by atoms with Crippen LogP contribution in [-0.4, -0.2) is 37.7 Å². The molecule has 1 fully saturated rings. The van der Waals surface area contributed by atoms with E-state index >= 15 is 0 Å². The van der Waals surface area contributed by atoms with Crippen LogP contribution in [0.25, 0.3) is 0 Å². The van der Waals surface area contributed by atoms with Crippen LogP contribution in [-0.2, 0) is 4.74 Å². The molecule has 1 saturated heterocycles. The van der Waals surface area contributed by atoms with Gasteiger partial charge in [0.05, 0.1) is 6.61 Å². The third kappa shape index (κ3) is 3.80. The van der Waals surface area contributed by atoms with Gasteiger partial charge in [-0.15, -0.1) is 0 Å². The summed E-state index contributed by atoms with van der Waals surface area (Å²) in [5, 5.41) is 0. The summed E-state index contributed by atoms with van der Waals surface area (Å²) in [7, 11) is 0. The lowest BCUT2D eigenvalue weighted by molar-refractivity contribution is 0.141. The Balaban J connectivity index is 1.84. The van der Waals surface area contributed by atoms with Crippen LogP contribution < -0.4 is 5.73 Å². The third-order valence-corrected chi connectivity index (χ3v) is 3.66. The van der Waals surface area contributed by atoms with Crippen LogP contribution in [0, 0.1) is 6.92 Å². The Morgan fingerprint density at radius 1 is 1.28 bits per heavy atom. The molecule has 0 saturated carbocycles. The van der Waals surface area contributed by atoms with Gasteiger partial charge in [-0.1, -0.05) is 24.3 Å². The second-order valence-electron chi connectivity index (χ2n) is 5.06. The molecule has 1 atom stereocenters. The highest BCUT2D eigenvalue weighted by molar-refractivity contribution is 5.28. The minimum atomic E-state index is 0.148. The molecule has 1 unspecified atom stereocenters. The van der Waals surface area contributed by atoms with Gasteiger partial charge in [-0.3, -0.25) is 0 Å².